The standard InChI is InChI=1S/C45H25N3O2S/c1-2-11-26(12-3-1)43-46-44(48-45(47-43)35-19-10-22-38-40(35)34-14-5-7-21-37(34)49-38)27-23-24-29-32-17-9-18-33(42(32)51-39(29)25-27)31-16-8-15-30-28-13-4-6-20-36(28)50-41(30)31/h1-25H. The lowest BCUT2D eigenvalue weighted by molar-refractivity contribution is 0.669. The maximum absolute atomic E-state index is 6.45. The summed E-state index contributed by atoms with van der Waals surface area (Å²) in [6.07, 6.45) is 0. The van der Waals surface area contributed by atoms with Crippen molar-refractivity contribution in [2.24, 2.45) is 0 Å². The van der Waals surface area contributed by atoms with Crippen LogP contribution in [0.5, 0.6) is 0 Å². The van der Waals surface area contributed by atoms with E-state index in [1.807, 2.05) is 72.8 Å². The first-order chi connectivity index (χ1) is 25.3. The predicted octanol–water partition coefficient (Wildman–Crippen LogP) is 12.7. The van der Waals surface area contributed by atoms with Crippen molar-refractivity contribution < 1.29 is 8.83 Å². The number of furan rings is 2. The number of para-hydroxylation sites is 3. The van der Waals surface area contributed by atoms with Gasteiger partial charge in [-0.3, -0.25) is 0 Å². The molecular weight excluding hydrogens is 647 g/mol. The van der Waals surface area contributed by atoms with Crippen molar-refractivity contribution in [1.82, 2.24) is 15.0 Å². The quantitative estimate of drug-likeness (QED) is 0.186. The third kappa shape index (κ3) is 4.37. The molecule has 11 rings (SSSR count). The van der Waals surface area contributed by atoms with Crippen LogP contribution in [0.4, 0.5) is 0 Å². The number of benzene rings is 7. The molecule has 0 atom stereocenters. The van der Waals surface area contributed by atoms with E-state index in [9.17, 15) is 0 Å². The van der Waals surface area contributed by atoms with Crippen LogP contribution in [0.1, 0.15) is 0 Å². The molecule has 0 unspecified atom stereocenters. The first-order valence-corrected chi connectivity index (χ1v) is 17.7. The van der Waals surface area contributed by atoms with Gasteiger partial charge in [0.05, 0.1) is 0 Å². The average molecular weight is 672 g/mol. The highest BCUT2D eigenvalue weighted by molar-refractivity contribution is 7.26. The summed E-state index contributed by atoms with van der Waals surface area (Å²) in [6.45, 7) is 0. The highest BCUT2D eigenvalue weighted by atomic mass is 32.1. The summed E-state index contributed by atoms with van der Waals surface area (Å²) in [6, 6.07) is 52.0. The number of nitrogens with zero attached hydrogens (tertiary/aromatic N) is 3. The second-order valence-electron chi connectivity index (χ2n) is 12.7. The number of fused-ring (bicyclic) bond motifs is 9. The molecule has 0 N–H and O–H groups in total. The minimum atomic E-state index is 0.605. The fraction of sp³-hybridized carbons (Fsp3) is 0. The van der Waals surface area contributed by atoms with E-state index >= 15 is 0 Å². The molecule has 6 heteroatoms. The molecule has 5 nitrogen and oxygen atoms in total. The zero-order valence-corrected chi connectivity index (χ0v) is 27.8. The van der Waals surface area contributed by atoms with E-state index in [0.29, 0.717) is 17.5 Å². The lowest BCUT2D eigenvalue weighted by Gasteiger charge is -2.09. The van der Waals surface area contributed by atoms with Crippen LogP contribution in [0.3, 0.4) is 0 Å². The van der Waals surface area contributed by atoms with Gasteiger partial charge in [-0.25, -0.2) is 15.0 Å². The molecule has 7 aromatic carbocycles. The maximum Gasteiger partial charge on any atom is 0.164 e. The van der Waals surface area contributed by atoms with Crippen molar-refractivity contribution in [3.8, 4) is 45.3 Å². The van der Waals surface area contributed by atoms with Crippen LogP contribution >= 0.6 is 11.3 Å². The zero-order chi connectivity index (χ0) is 33.5. The van der Waals surface area contributed by atoms with Gasteiger partial charge in [0.1, 0.15) is 22.3 Å². The fourth-order valence-corrected chi connectivity index (χ4v) is 8.68. The average Bonchev–Trinajstić information content (AvgIpc) is 3.89. The van der Waals surface area contributed by atoms with Gasteiger partial charge in [0.25, 0.3) is 0 Å². The van der Waals surface area contributed by atoms with Crippen molar-refractivity contribution in [2.75, 3.05) is 0 Å². The molecule has 0 fully saturated rings. The molecule has 0 bridgehead atoms. The molecule has 0 spiro atoms. The Kier molecular flexibility index (Phi) is 6.05. The van der Waals surface area contributed by atoms with Crippen LogP contribution in [0.15, 0.2) is 160 Å². The second kappa shape index (κ2) is 10.9. The predicted molar refractivity (Wildman–Crippen MR) is 209 cm³/mol. The van der Waals surface area contributed by atoms with E-state index in [0.717, 1.165) is 76.4 Å². The Morgan fingerprint density at radius 3 is 1.88 bits per heavy atom. The number of thiophene rings is 1. The van der Waals surface area contributed by atoms with E-state index in [1.165, 1.54) is 15.5 Å². The van der Waals surface area contributed by atoms with Gasteiger partial charge in [-0.15, -0.1) is 11.3 Å². The molecule has 0 amide bonds. The topological polar surface area (TPSA) is 65.0 Å². The van der Waals surface area contributed by atoms with E-state index in [-0.39, 0.29) is 0 Å². The number of hydrogen-bond donors (Lipinski definition) is 0. The molecule has 0 aliphatic heterocycles. The van der Waals surface area contributed by atoms with Crippen molar-refractivity contribution in [2.45, 2.75) is 0 Å². The number of hydrogen-bond acceptors (Lipinski definition) is 6. The van der Waals surface area contributed by atoms with Gasteiger partial charge in [0, 0.05) is 69.5 Å². The summed E-state index contributed by atoms with van der Waals surface area (Å²) in [5.74, 6) is 1.85. The van der Waals surface area contributed by atoms with Crippen LogP contribution < -0.4 is 0 Å². The van der Waals surface area contributed by atoms with Crippen molar-refractivity contribution in [1.29, 1.82) is 0 Å². The first kappa shape index (κ1) is 28.2. The van der Waals surface area contributed by atoms with Gasteiger partial charge in [0.2, 0.25) is 0 Å². The molecular formula is C45H25N3O2S. The van der Waals surface area contributed by atoms with E-state index in [2.05, 4.69) is 78.9 Å². The Balaban J connectivity index is 1.11. The molecule has 0 radical (unpaired) electrons. The summed E-state index contributed by atoms with van der Waals surface area (Å²) in [5, 5.41) is 6.70. The molecule has 11 aromatic rings. The van der Waals surface area contributed by atoms with Crippen LogP contribution in [-0.4, -0.2) is 15.0 Å². The summed E-state index contributed by atoms with van der Waals surface area (Å²) < 4.78 is 15.1. The molecule has 0 aliphatic rings. The summed E-state index contributed by atoms with van der Waals surface area (Å²) in [5.41, 5.74) is 8.48. The highest BCUT2D eigenvalue weighted by Gasteiger charge is 2.20. The Hall–Kier alpha value is -6.63. The van der Waals surface area contributed by atoms with Gasteiger partial charge in [-0.1, -0.05) is 127 Å². The third-order valence-corrected chi connectivity index (χ3v) is 11.0. The van der Waals surface area contributed by atoms with Gasteiger partial charge < -0.3 is 8.83 Å². The number of rotatable bonds is 4. The third-order valence-electron chi connectivity index (χ3n) is 9.76. The molecule has 4 aromatic heterocycles. The number of aromatic nitrogens is 3. The highest BCUT2D eigenvalue weighted by Crippen LogP contribution is 2.44. The molecule has 0 saturated heterocycles. The van der Waals surface area contributed by atoms with Crippen LogP contribution in [-0.2, 0) is 0 Å². The van der Waals surface area contributed by atoms with E-state index in [4.69, 9.17) is 23.8 Å². The first-order valence-electron chi connectivity index (χ1n) is 16.9. The fourth-order valence-electron chi connectivity index (χ4n) is 7.41. The Morgan fingerprint density at radius 1 is 0.392 bits per heavy atom. The Bertz CT molecular complexity index is 3160. The van der Waals surface area contributed by atoms with Gasteiger partial charge in [0.15, 0.2) is 17.5 Å². The van der Waals surface area contributed by atoms with Crippen LogP contribution in [0.25, 0.3) is 109 Å². The minimum absolute atomic E-state index is 0.605. The molecule has 51 heavy (non-hydrogen) atoms. The van der Waals surface area contributed by atoms with E-state index < -0.39 is 0 Å². The van der Waals surface area contributed by atoms with Gasteiger partial charge in [-0.05, 0) is 24.3 Å². The zero-order valence-electron chi connectivity index (χ0n) is 27.0. The maximum atomic E-state index is 6.45. The van der Waals surface area contributed by atoms with Crippen LogP contribution in [0.2, 0.25) is 0 Å². The summed E-state index contributed by atoms with van der Waals surface area (Å²) >= 11 is 1.79. The normalized spacial score (nSPS) is 11.9. The van der Waals surface area contributed by atoms with Crippen molar-refractivity contribution in [3.05, 3.63) is 152 Å². The molecule has 0 saturated carbocycles. The van der Waals surface area contributed by atoms with Gasteiger partial charge >= 0.3 is 0 Å². The minimum Gasteiger partial charge on any atom is -0.456 e. The van der Waals surface area contributed by atoms with E-state index in [1.54, 1.807) is 11.3 Å². The van der Waals surface area contributed by atoms with Crippen molar-refractivity contribution >= 4 is 75.4 Å². The molecule has 4 heterocycles. The van der Waals surface area contributed by atoms with Crippen molar-refractivity contribution in [3.63, 3.8) is 0 Å². The smallest absolute Gasteiger partial charge is 0.164 e. The Morgan fingerprint density at radius 2 is 1.02 bits per heavy atom. The summed E-state index contributed by atoms with van der Waals surface area (Å²) in [7, 11) is 0. The largest absolute Gasteiger partial charge is 0.456 e. The molecule has 238 valence electrons. The molecule has 0 aliphatic carbocycles. The SMILES string of the molecule is c1ccc(-c2nc(-c3ccc4c(c3)sc3c(-c5cccc6c5oc5ccccc56)cccc34)nc(-c3cccc4oc5ccccc5c34)n2)cc1. The Labute approximate surface area is 295 Å². The van der Waals surface area contributed by atoms with Gasteiger partial charge in [-0.2, -0.15) is 0 Å². The second-order valence-corrected chi connectivity index (χ2v) is 13.8. The lowest BCUT2D eigenvalue weighted by atomic mass is 10.00. The summed E-state index contributed by atoms with van der Waals surface area (Å²) in [4.78, 5) is 15.3. The van der Waals surface area contributed by atoms with Crippen LogP contribution in [0, 0.1) is 0 Å². The lowest BCUT2D eigenvalue weighted by Crippen LogP contribution is -2.00. The monoisotopic (exact) mass is 671 g/mol.